The van der Waals surface area contributed by atoms with Gasteiger partial charge in [-0.2, -0.15) is 0 Å². The summed E-state index contributed by atoms with van der Waals surface area (Å²) in [5.74, 6) is -2.66. The van der Waals surface area contributed by atoms with Crippen molar-refractivity contribution >= 4 is 44.1 Å². The Hall–Kier alpha value is -3.84. The number of thiazole rings is 1. The van der Waals surface area contributed by atoms with Gasteiger partial charge < -0.3 is 5.11 Å². The summed E-state index contributed by atoms with van der Waals surface area (Å²) >= 11 is 1.23. The number of hydrogen-bond acceptors (Lipinski definition) is 5. The second-order valence-corrected chi connectivity index (χ2v) is 8.53. The molecule has 3 aromatic carbocycles. The van der Waals surface area contributed by atoms with Crippen LogP contribution in [-0.4, -0.2) is 21.8 Å². The molecule has 1 N–H and O–H groups in total. The molecule has 1 saturated heterocycles. The minimum absolute atomic E-state index is 0.111. The van der Waals surface area contributed by atoms with Crippen LogP contribution < -0.4 is 4.90 Å². The number of para-hydroxylation sites is 1. The molecule has 7 heteroatoms. The number of aryl methyl sites for hydroxylation is 1. The number of aliphatic hydroxyl groups is 1. The fourth-order valence-corrected chi connectivity index (χ4v) is 4.84. The summed E-state index contributed by atoms with van der Waals surface area (Å²) in [5, 5.41) is 11.3. The largest absolute Gasteiger partial charge is 0.507 e. The third-order valence-corrected chi connectivity index (χ3v) is 6.49. The van der Waals surface area contributed by atoms with Crippen LogP contribution in [0.2, 0.25) is 0 Å². The van der Waals surface area contributed by atoms with Crippen LogP contribution in [0.3, 0.4) is 0 Å². The molecule has 158 valence electrons. The summed E-state index contributed by atoms with van der Waals surface area (Å²) in [4.78, 5) is 32.0. The van der Waals surface area contributed by atoms with Gasteiger partial charge in [-0.15, -0.1) is 0 Å². The zero-order chi connectivity index (χ0) is 22.4. The Balaban J connectivity index is 1.75. The molecule has 1 atom stereocenters. The van der Waals surface area contributed by atoms with Crippen molar-refractivity contribution in [3.63, 3.8) is 0 Å². The van der Waals surface area contributed by atoms with E-state index in [0.717, 1.165) is 10.3 Å². The fourth-order valence-electron chi connectivity index (χ4n) is 3.85. The SMILES string of the molecule is Cc1ccc(/C(O)=C2\C(=O)C(=O)N(c3nc4ccccc4s3)[C@@H]2c2ccccc2F)cc1. The van der Waals surface area contributed by atoms with Gasteiger partial charge in [0.1, 0.15) is 17.6 Å². The van der Waals surface area contributed by atoms with E-state index in [1.165, 1.54) is 34.4 Å². The first-order valence-corrected chi connectivity index (χ1v) is 10.8. The molecule has 0 radical (unpaired) electrons. The molecule has 1 aliphatic rings. The van der Waals surface area contributed by atoms with Crippen molar-refractivity contribution in [2.45, 2.75) is 13.0 Å². The molecule has 1 fully saturated rings. The highest BCUT2D eigenvalue weighted by Gasteiger charge is 2.49. The van der Waals surface area contributed by atoms with Crippen LogP contribution in [0.1, 0.15) is 22.7 Å². The normalized spacial score (nSPS) is 17.9. The number of carbonyl (C=O) groups excluding carboxylic acids is 2. The standard InChI is InChI=1S/C25H17FN2O3S/c1-14-10-12-15(13-11-14)22(29)20-21(16-6-2-3-7-17(16)26)28(24(31)23(20)30)25-27-18-8-4-5-9-19(18)32-25/h2-13,21,29H,1H3/b22-20+/t21-/m1/s1. The van der Waals surface area contributed by atoms with E-state index in [2.05, 4.69) is 4.98 Å². The highest BCUT2D eigenvalue weighted by atomic mass is 32.1. The Kier molecular flexibility index (Phi) is 4.83. The van der Waals surface area contributed by atoms with Gasteiger partial charge >= 0.3 is 5.91 Å². The molecule has 0 bridgehead atoms. The Morgan fingerprint density at radius 3 is 2.41 bits per heavy atom. The Morgan fingerprint density at radius 2 is 1.69 bits per heavy atom. The van der Waals surface area contributed by atoms with E-state index in [4.69, 9.17) is 0 Å². The van der Waals surface area contributed by atoms with Crippen LogP contribution in [0.15, 0.2) is 78.4 Å². The number of Topliss-reactive ketones (excluding diaryl/α,β-unsaturated/α-hetero) is 1. The zero-order valence-electron chi connectivity index (χ0n) is 16.9. The summed E-state index contributed by atoms with van der Waals surface area (Å²) in [7, 11) is 0. The molecule has 5 nitrogen and oxygen atoms in total. The van der Waals surface area contributed by atoms with E-state index in [9.17, 15) is 19.1 Å². The first-order valence-electron chi connectivity index (χ1n) is 9.94. The van der Waals surface area contributed by atoms with Crippen LogP contribution in [0.25, 0.3) is 16.0 Å². The number of fused-ring (bicyclic) bond motifs is 1. The molecular weight excluding hydrogens is 427 g/mol. The summed E-state index contributed by atoms with van der Waals surface area (Å²) in [5.41, 5.74) is 1.96. The summed E-state index contributed by atoms with van der Waals surface area (Å²) in [6, 6.07) is 19.0. The number of anilines is 1. The lowest BCUT2D eigenvalue weighted by Crippen LogP contribution is -2.29. The average molecular weight is 444 g/mol. The molecule has 1 aromatic heterocycles. The molecule has 4 aromatic rings. The maximum Gasteiger partial charge on any atom is 0.301 e. The molecule has 1 amide bonds. The quantitative estimate of drug-likeness (QED) is 0.262. The third kappa shape index (κ3) is 3.18. The number of nitrogens with zero attached hydrogens (tertiary/aromatic N) is 2. The predicted octanol–water partition coefficient (Wildman–Crippen LogP) is 5.37. The van der Waals surface area contributed by atoms with E-state index in [0.29, 0.717) is 11.1 Å². The number of hydrogen-bond donors (Lipinski definition) is 1. The fraction of sp³-hybridized carbons (Fsp3) is 0.0800. The van der Waals surface area contributed by atoms with Crippen molar-refractivity contribution < 1.29 is 19.1 Å². The number of halogens is 1. The zero-order valence-corrected chi connectivity index (χ0v) is 17.8. The topological polar surface area (TPSA) is 70.5 Å². The van der Waals surface area contributed by atoms with Gasteiger partial charge in [-0.05, 0) is 25.1 Å². The molecule has 0 aliphatic carbocycles. The summed E-state index contributed by atoms with van der Waals surface area (Å²) in [6.07, 6.45) is 0. The van der Waals surface area contributed by atoms with Gasteiger partial charge in [0, 0.05) is 11.1 Å². The summed E-state index contributed by atoms with van der Waals surface area (Å²) < 4.78 is 15.7. The lowest BCUT2D eigenvalue weighted by atomic mass is 9.95. The molecule has 5 rings (SSSR count). The van der Waals surface area contributed by atoms with E-state index >= 15 is 0 Å². The molecule has 0 unspecified atom stereocenters. The lowest BCUT2D eigenvalue weighted by Gasteiger charge is -2.23. The minimum atomic E-state index is -1.14. The molecule has 32 heavy (non-hydrogen) atoms. The Bertz CT molecular complexity index is 1380. The number of aromatic nitrogens is 1. The Labute approximate surface area is 187 Å². The molecule has 1 aliphatic heterocycles. The van der Waals surface area contributed by atoms with E-state index in [1.54, 1.807) is 36.4 Å². The van der Waals surface area contributed by atoms with Crippen LogP contribution in [0, 0.1) is 12.7 Å². The van der Waals surface area contributed by atoms with Crippen molar-refractivity contribution in [2.75, 3.05) is 4.90 Å². The molecule has 2 heterocycles. The van der Waals surface area contributed by atoms with Crippen molar-refractivity contribution in [1.29, 1.82) is 0 Å². The first-order chi connectivity index (χ1) is 15.5. The highest BCUT2D eigenvalue weighted by Crippen LogP contribution is 2.44. The maximum atomic E-state index is 14.9. The Morgan fingerprint density at radius 1 is 1.00 bits per heavy atom. The van der Waals surface area contributed by atoms with E-state index in [1.807, 2.05) is 25.1 Å². The number of benzene rings is 3. The number of carbonyl (C=O) groups is 2. The van der Waals surface area contributed by atoms with Crippen molar-refractivity contribution in [2.24, 2.45) is 0 Å². The minimum Gasteiger partial charge on any atom is -0.507 e. The van der Waals surface area contributed by atoms with E-state index < -0.39 is 23.5 Å². The van der Waals surface area contributed by atoms with Crippen molar-refractivity contribution in [3.8, 4) is 0 Å². The number of ketones is 1. The lowest BCUT2D eigenvalue weighted by molar-refractivity contribution is -0.132. The van der Waals surface area contributed by atoms with Gasteiger partial charge in [0.2, 0.25) is 0 Å². The van der Waals surface area contributed by atoms with Crippen molar-refractivity contribution in [1.82, 2.24) is 4.98 Å². The van der Waals surface area contributed by atoms with Crippen LogP contribution in [-0.2, 0) is 9.59 Å². The van der Waals surface area contributed by atoms with Gasteiger partial charge in [0.25, 0.3) is 5.78 Å². The number of rotatable bonds is 3. The average Bonchev–Trinajstić information content (AvgIpc) is 3.33. The molecular formula is C25H17FN2O3S. The van der Waals surface area contributed by atoms with Crippen molar-refractivity contribution in [3.05, 3.63) is 101 Å². The van der Waals surface area contributed by atoms with Gasteiger partial charge in [0.15, 0.2) is 5.13 Å². The van der Waals surface area contributed by atoms with Gasteiger partial charge in [0.05, 0.1) is 15.8 Å². The number of amides is 1. The second-order valence-electron chi connectivity index (χ2n) is 7.52. The van der Waals surface area contributed by atoms with E-state index in [-0.39, 0.29) is 22.0 Å². The second kappa shape index (κ2) is 7.69. The third-order valence-electron chi connectivity index (χ3n) is 5.46. The molecule has 0 spiro atoms. The van der Waals surface area contributed by atoms with Gasteiger partial charge in [-0.3, -0.25) is 14.5 Å². The highest BCUT2D eigenvalue weighted by molar-refractivity contribution is 7.22. The summed E-state index contributed by atoms with van der Waals surface area (Å²) in [6.45, 7) is 1.90. The number of aliphatic hydroxyl groups excluding tert-OH is 1. The van der Waals surface area contributed by atoms with Gasteiger partial charge in [-0.1, -0.05) is 71.5 Å². The van der Waals surface area contributed by atoms with Crippen LogP contribution >= 0.6 is 11.3 Å². The van der Waals surface area contributed by atoms with Crippen LogP contribution in [0.5, 0.6) is 0 Å². The maximum absolute atomic E-state index is 14.9. The predicted molar refractivity (Wildman–Crippen MR) is 122 cm³/mol. The van der Waals surface area contributed by atoms with Gasteiger partial charge in [-0.25, -0.2) is 9.37 Å². The molecule has 0 saturated carbocycles. The monoisotopic (exact) mass is 444 g/mol. The smallest absolute Gasteiger partial charge is 0.301 e. The first kappa shape index (κ1) is 20.1. The van der Waals surface area contributed by atoms with Crippen LogP contribution in [0.4, 0.5) is 9.52 Å².